The number of hydrogen-bond acceptors (Lipinski definition) is 4. The van der Waals surface area contributed by atoms with Gasteiger partial charge in [0, 0.05) is 29.5 Å². The molecule has 1 amide bonds. The van der Waals surface area contributed by atoms with Crippen LogP contribution in [0.2, 0.25) is 0 Å². The number of hydrogen-bond donors (Lipinski definition) is 2. The molecule has 0 spiro atoms. The van der Waals surface area contributed by atoms with Gasteiger partial charge in [-0.2, -0.15) is 5.10 Å². The van der Waals surface area contributed by atoms with Crippen molar-refractivity contribution in [2.24, 2.45) is 0 Å². The Kier molecular flexibility index (Phi) is 4.30. The summed E-state index contributed by atoms with van der Waals surface area (Å²) in [5.41, 5.74) is 10.6. The number of para-hydroxylation sites is 2. The summed E-state index contributed by atoms with van der Waals surface area (Å²) in [6.07, 6.45) is 5.60. The maximum absolute atomic E-state index is 12.5. The zero-order valence-corrected chi connectivity index (χ0v) is 14.9. The van der Waals surface area contributed by atoms with Crippen molar-refractivity contribution in [1.82, 2.24) is 14.8 Å². The predicted molar refractivity (Wildman–Crippen MR) is 107 cm³/mol. The monoisotopic (exact) mass is 357 g/mol. The van der Waals surface area contributed by atoms with Gasteiger partial charge in [0.2, 0.25) is 0 Å². The molecule has 0 bridgehead atoms. The molecular formula is C21H19N5O. The first-order valence-corrected chi connectivity index (χ1v) is 8.62. The van der Waals surface area contributed by atoms with Crippen molar-refractivity contribution in [2.75, 3.05) is 11.1 Å². The average molecular weight is 357 g/mol. The van der Waals surface area contributed by atoms with Crippen LogP contribution in [0.5, 0.6) is 0 Å². The van der Waals surface area contributed by atoms with Gasteiger partial charge in [0.05, 0.1) is 23.4 Å². The molecule has 4 aromatic rings. The Labute approximate surface area is 156 Å². The minimum absolute atomic E-state index is 0.203. The highest BCUT2D eigenvalue weighted by molar-refractivity contribution is 6.07. The summed E-state index contributed by atoms with van der Waals surface area (Å²) in [5, 5.41) is 8.32. The lowest BCUT2D eigenvalue weighted by Gasteiger charge is -2.07. The number of nitrogens with zero attached hydrogens (tertiary/aromatic N) is 3. The van der Waals surface area contributed by atoms with Crippen LogP contribution in [0.1, 0.15) is 21.5 Å². The van der Waals surface area contributed by atoms with Gasteiger partial charge in [-0.1, -0.05) is 18.2 Å². The highest BCUT2D eigenvalue weighted by Gasteiger charge is 2.10. The van der Waals surface area contributed by atoms with E-state index in [1.807, 2.05) is 54.5 Å². The molecule has 0 aliphatic rings. The van der Waals surface area contributed by atoms with Crippen LogP contribution in [0, 0.1) is 6.92 Å². The molecule has 2 aromatic carbocycles. The van der Waals surface area contributed by atoms with Gasteiger partial charge in [0.15, 0.2) is 0 Å². The number of amides is 1. The lowest BCUT2D eigenvalue weighted by Crippen LogP contribution is -2.12. The normalized spacial score (nSPS) is 10.9. The third-order valence-electron chi connectivity index (χ3n) is 4.30. The van der Waals surface area contributed by atoms with Crippen molar-refractivity contribution in [3.8, 4) is 0 Å². The molecule has 27 heavy (non-hydrogen) atoms. The molecule has 6 nitrogen and oxygen atoms in total. The van der Waals surface area contributed by atoms with Gasteiger partial charge in [-0.25, -0.2) is 0 Å². The fraction of sp³-hybridized carbons (Fsp3) is 0.0952. The first kappa shape index (κ1) is 16.8. The predicted octanol–water partition coefficient (Wildman–Crippen LogP) is 3.62. The lowest BCUT2D eigenvalue weighted by atomic mass is 10.1. The molecule has 134 valence electrons. The average Bonchev–Trinajstić information content (AvgIpc) is 3.05. The molecule has 0 atom stereocenters. The molecule has 0 aliphatic heterocycles. The van der Waals surface area contributed by atoms with Gasteiger partial charge in [-0.05, 0) is 48.4 Å². The van der Waals surface area contributed by atoms with Crippen molar-refractivity contribution < 1.29 is 4.79 Å². The van der Waals surface area contributed by atoms with Gasteiger partial charge in [0.1, 0.15) is 0 Å². The van der Waals surface area contributed by atoms with Crippen LogP contribution in [-0.4, -0.2) is 20.7 Å². The van der Waals surface area contributed by atoms with E-state index in [0.29, 0.717) is 23.5 Å². The van der Waals surface area contributed by atoms with Crippen LogP contribution in [0.3, 0.4) is 0 Å². The Balaban J connectivity index is 1.57. The van der Waals surface area contributed by atoms with Crippen molar-refractivity contribution in [2.45, 2.75) is 13.5 Å². The van der Waals surface area contributed by atoms with Gasteiger partial charge >= 0.3 is 0 Å². The highest BCUT2D eigenvalue weighted by atomic mass is 16.1. The molecule has 0 radical (unpaired) electrons. The van der Waals surface area contributed by atoms with E-state index in [1.165, 1.54) is 0 Å². The number of fused-ring (bicyclic) bond motifs is 1. The molecule has 0 saturated carbocycles. The Morgan fingerprint density at radius 2 is 2.00 bits per heavy atom. The Hall–Kier alpha value is -3.67. The van der Waals surface area contributed by atoms with Gasteiger partial charge in [-0.3, -0.25) is 14.5 Å². The van der Waals surface area contributed by atoms with Gasteiger partial charge in [-0.15, -0.1) is 0 Å². The summed E-state index contributed by atoms with van der Waals surface area (Å²) in [6, 6.07) is 14.7. The zero-order chi connectivity index (χ0) is 18.8. The standard InChI is InChI=1S/C21H19N5O/c1-14-8-15(11-23-10-14)12-26-13-17-9-16(6-7-19(17)25-26)21(27)24-20-5-3-2-4-18(20)22/h2-11,13H,12,22H2,1H3,(H,24,27). The van der Waals surface area contributed by atoms with Crippen LogP contribution in [-0.2, 0) is 6.54 Å². The largest absolute Gasteiger partial charge is 0.397 e. The molecule has 0 saturated heterocycles. The van der Waals surface area contributed by atoms with Crippen LogP contribution < -0.4 is 11.1 Å². The smallest absolute Gasteiger partial charge is 0.255 e. The van der Waals surface area contributed by atoms with E-state index in [2.05, 4.69) is 21.5 Å². The van der Waals surface area contributed by atoms with Crippen LogP contribution in [0.25, 0.3) is 10.9 Å². The van der Waals surface area contributed by atoms with Crippen molar-refractivity contribution in [1.29, 1.82) is 0 Å². The highest BCUT2D eigenvalue weighted by Crippen LogP contribution is 2.20. The van der Waals surface area contributed by atoms with E-state index in [1.54, 1.807) is 18.2 Å². The Morgan fingerprint density at radius 1 is 1.15 bits per heavy atom. The van der Waals surface area contributed by atoms with E-state index in [9.17, 15) is 4.79 Å². The molecule has 2 aromatic heterocycles. The fourth-order valence-corrected chi connectivity index (χ4v) is 3.00. The number of pyridine rings is 1. The minimum Gasteiger partial charge on any atom is -0.397 e. The fourth-order valence-electron chi connectivity index (χ4n) is 3.00. The third kappa shape index (κ3) is 3.64. The van der Waals surface area contributed by atoms with Crippen LogP contribution in [0.15, 0.2) is 67.1 Å². The summed E-state index contributed by atoms with van der Waals surface area (Å²) in [4.78, 5) is 16.8. The number of aromatic nitrogens is 3. The van der Waals surface area contributed by atoms with E-state index in [0.717, 1.165) is 22.0 Å². The van der Waals surface area contributed by atoms with E-state index in [-0.39, 0.29) is 5.91 Å². The number of rotatable bonds is 4. The molecule has 0 aliphatic carbocycles. The SMILES string of the molecule is Cc1cncc(Cn2cc3cc(C(=O)Nc4ccccc4N)ccc3n2)c1. The summed E-state index contributed by atoms with van der Waals surface area (Å²) in [6.45, 7) is 2.64. The topological polar surface area (TPSA) is 85.8 Å². The van der Waals surface area contributed by atoms with Crippen molar-refractivity contribution in [3.63, 3.8) is 0 Å². The van der Waals surface area contributed by atoms with Crippen LogP contribution >= 0.6 is 0 Å². The van der Waals surface area contributed by atoms with E-state index in [4.69, 9.17) is 5.73 Å². The number of nitrogens with two attached hydrogens (primary N) is 1. The Morgan fingerprint density at radius 3 is 2.81 bits per heavy atom. The van der Waals surface area contributed by atoms with Crippen molar-refractivity contribution in [3.05, 3.63) is 83.8 Å². The summed E-state index contributed by atoms with van der Waals surface area (Å²) in [5.74, 6) is -0.203. The number of benzene rings is 2. The zero-order valence-electron chi connectivity index (χ0n) is 14.9. The molecule has 0 unspecified atom stereocenters. The molecule has 0 fully saturated rings. The van der Waals surface area contributed by atoms with E-state index < -0.39 is 0 Å². The first-order chi connectivity index (χ1) is 13.1. The first-order valence-electron chi connectivity index (χ1n) is 8.62. The minimum atomic E-state index is -0.203. The second-order valence-electron chi connectivity index (χ2n) is 6.51. The summed E-state index contributed by atoms with van der Waals surface area (Å²) in [7, 11) is 0. The van der Waals surface area contributed by atoms with Gasteiger partial charge < -0.3 is 11.1 Å². The van der Waals surface area contributed by atoms with E-state index >= 15 is 0 Å². The molecule has 2 heterocycles. The number of carbonyl (C=O) groups is 1. The summed E-state index contributed by atoms with van der Waals surface area (Å²) < 4.78 is 1.86. The van der Waals surface area contributed by atoms with Gasteiger partial charge in [0.25, 0.3) is 5.91 Å². The van der Waals surface area contributed by atoms with Crippen LogP contribution in [0.4, 0.5) is 11.4 Å². The van der Waals surface area contributed by atoms with Crippen molar-refractivity contribution >= 4 is 28.2 Å². The molecule has 4 rings (SSSR count). The second kappa shape index (κ2) is 6.92. The number of carbonyl (C=O) groups excluding carboxylic acids is 1. The maximum atomic E-state index is 12.5. The second-order valence-corrected chi connectivity index (χ2v) is 6.51. The number of anilines is 2. The molecule has 6 heteroatoms. The lowest BCUT2D eigenvalue weighted by molar-refractivity contribution is 0.102. The quantitative estimate of drug-likeness (QED) is 0.546. The third-order valence-corrected chi connectivity index (χ3v) is 4.30. The molecule has 3 N–H and O–H groups in total. The summed E-state index contributed by atoms with van der Waals surface area (Å²) >= 11 is 0. The number of nitrogen functional groups attached to an aromatic ring is 1. The molecular weight excluding hydrogens is 338 g/mol. The Bertz CT molecular complexity index is 1130. The number of nitrogens with one attached hydrogen (secondary N) is 1. The number of aryl methyl sites for hydroxylation is 1. The maximum Gasteiger partial charge on any atom is 0.255 e.